The minimum absolute atomic E-state index is 0.146. The molecule has 0 amide bonds. The second-order valence-corrected chi connectivity index (χ2v) is 5.81. The summed E-state index contributed by atoms with van der Waals surface area (Å²) in [5, 5.41) is -0.146. The average molecular weight is 177 g/mol. The highest BCUT2D eigenvalue weighted by Crippen LogP contribution is 2.11. The van der Waals surface area contributed by atoms with Gasteiger partial charge in [-0.3, -0.25) is 0 Å². The van der Waals surface area contributed by atoms with Gasteiger partial charge in [0.25, 0.3) is 0 Å². The van der Waals surface area contributed by atoms with Crippen molar-refractivity contribution in [2.75, 3.05) is 25.9 Å². The molecule has 0 N–H and O–H groups in total. The lowest BCUT2D eigenvalue weighted by atomic mass is 10.3. The summed E-state index contributed by atoms with van der Waals surface area (Å²) in [6, 6.07) is 0. The van der Waals surface area contributed by atoms with E-state index in [9.17, 15) is 8.42 Å². The van der Waals surface area contributed by atoms with Crippen molar-refractivity contribution in [3.8, 4) is 0 Å². The van der Waals surface area contributed by atoms with E-state index in [-0.39, 0.29) is 5.25 Å². The first-order chi connectivity index (χ1) is 5.02. The van der Waals surface area contributed by atoms with Crippen LogP contribution in [0.1, 0.15) is 13.3 Å². The summed E-state index contributed by atoms with van der Waals surface area (Å²) < 4.78 is 22.6. The molecule has 3 nitrogen and oxygen atoms in total. The second kappa shape index (κ2) is 3.11. The molecule has 0 aliphatic carbocycles. The van der Waals surface area contributed by atoms with Crippen molar-refractivity contribution in [2.24, 2.45) is 0 Å². The summed E-state index contributed by atoms with van der Waals surface area (Å²) in [5.41, 5.74) is 0. The Labute approximate surface area is 68.3 Å². The molecular formula is C7H15NO2S. The first-order valence-electron chi connectivity index (χ1n) is 3.92. The van der Waals surface area contributed by atoms with E-state index in [1.807, 2.05) is 7.05 Å². The van der Waals surface area contributed by atoms with Crippen LogP contribution in [0.2, 0.25) is 0 Å². The van der Waals surface area contributed by atoms with Crippen molar-refractivity contribution in [3.63, 3.8) is 0 Å². The normalized spacial score (nSPS) is 33.1. The molecule has 0 aromatic carbocycles. The van der Waals surface area contributed by atoms with Crippen LogP contribution in [0.3, 0.4) is 0 Å². The molecular weight excluding hydrogens is 162 g/mol. The lowest BCUT2D eigenvalue weighted by Crippen LogP contribution is -2.22. The molecule has 1 unspecified atom stereocenters. The Morgan fingerprint density at radius 1 is 1.36 bits per heavy atom. The van der Waals surface area contributed by atoms with Gasteiger partial charge < -0.3 is 4.90 Å². The van der Waals surface area contributed by atoms with E-state index >= 15 is 0 Å². The van der Waals surface area contributed by atoms with Crippen molar-refractivity contribution >= 4 is 9.84 Å². The Morgan fingerprint density at radius 2 is 2.00 bits per heavy atom. The summed E-state index contributed by atoms with van der Waals surface area (Å²) in [5.74, 6) is 0.324. The molecule has 1 atom stereocenters. The molecule has 66 valence electrons. The van der Waals surface area contributed by atoms with E-state index < -0.39 is 9.84 Å². The van der Waals surface area contributed by atoms with Crippen molar-refractivity contribution in [3.05, 3.63) is 0 Å². The van der Waals surface area contributed by atoms with Gasteiger partial charge in [0.1, 0.15) is 0 Å². The second-order valence-electron chi connectivity index (χ2n) is 3.27. The van der Waals surface area contributed by atoms with E-state index in [4.69, 9.17) is 0 Å². The predicted molar refractivity (Wildman–Crippen MR) is 45.4 cm³/mol. The smallest absolute Gasteiger partial charge is 0.154 e. The molecule has 0 saturated carbocycles. The number of hydrogen-bond acceptors (Lipinski definition) is 3. The molecule has 1 rings (SSSR count). The SMILES string of the molecule is CC1CCN(C)CCS1(=O)=O. The van der Waals surface area contributed by atoms with Gasteiger partial charge in [0.15, 0.2) is 9.84 Å². The molecule has 0 radical (unpaired) electrons. The van der Waals surface area contributed by atoms with E-state index in [0.717, 1.165) is 13.0 Å². The Morgan fingerprint density at radius 3 is 2.64 bits per heavy atom. The number of sulfone groups is 1. The monoisotopic (exact) mass is 177 g/mol. The molecule has 4 heteroatoms. The van der Waals surface area contributed by atoms with Crippen LogP contribution in [-0.2, 0) is 9.84 Å². The summed E-state index contributed by atoms with van der Waals surface area (Å²) in [6.45, 7) is 3.39. The molecule has 1 aliphatic heterocycles. The molecule has 11 heavy (non-hydrogen) atoms. The van der Waals surface area contributed by atoms with Crippen molar-refractivity contribution in [1.29, 1.82) is 0 Å². The standard InChI is InChI=1S/C7H15NO2S/c1-7-3-4-8(2)5-6-11(7,9)10/h7H,3-6H2,1-2H3. The Hall–Kier alpha value is -0.0900. The lowest BCUT2D eigenvalue weighted by Gasteiger charge is -2.10. The van der Waals surface area contributed by atoms with Gasteiger partial charge in [-0.15, -0.1) is 0 Å². The van der Waals surface area contributed by atoms with Gasteiger partial charge in [-0.05, 0) is 26.9 Å². The topological polar surface area (TPSA) is 37.4 Å². The summed E-state index contributed by atoms with van der Waals surface area (Å²) >= 11 is 0. The molecule has 1 heterocycles. The van der Waals surface area contributed by atoms with Crippen molar-refractivity contribution in [1.82, 2.24) is 4.90 Å². The van der Waals surface area contributed by atoms with Crippen LogP contribution in [0.25, 0.3) is 0 Å². The zero-order chi connectivity index (χ0) is 8.48. The molecule has 0 bridgehead atoms. The van der Waals surface area contributed by atoms with Gasteiger partial charge in [0.05, 0.1) is 11.0 Å². The number of rotatable bonds is 0. The third-order valence-corrected chi connectivity index (χ3v) is 4.50. The fourth-order valence-corrected chi connectivity index (χ4v) is 2.61. The van der Waals surface area contributed by atoms with Gasteiger partial charge in [-0.25, -0.2) is 8.42 Å². The van der Waals surface area contributed by atoms with Crippen LogP contribution in [-0.4, -0.2) is 44.5 Å². The maximum atomic E-state index is 11.3. The maximum Gasteiger partial charge on any atom is 0.154 e. The van der Waals surface area contributed by atoms with E-state index in [1.165, 1.54) is 0 Å². The summed E-state index contributed by atoms with van der Waals surface area (Å²) in [7, 11) is -0.807. The highest BCUT2D eigenvalue weighted by atomic mass is 32.2. The van der Waals surface area contributed by atoms with Crippen LogP contribution in [0.15, 0.2) is 0 Å². The van der Waals surface area contributed by atoms with Crippen molar-refractivity contribution in [2.45, 2.75) is 18.6 Å². The van der Waals surface area contributed by atoms with E-state index in [1.54, 1.807) is 6.92 Å². The third-order valence-electron chi connectivity index (χ3n) is 2.29. The Balaban J connectivity index is 2.72. The average Bonchev–Trinajstić information content (AvgIpc) is 2.03. The Bertz CT molecular complexity index is 223. The molecule has 0 spiro atoms. The van der Waals surface area contributed by atoms with E-state index in [0.29, 0.717) is 12.3 Å². The van der Waals surface area contributed by atoms with Gasteiger partial charge in [0.2, 0.25) is 0 Å². The van der Waals surface area contributed by atoms with Crippen LogP contribution in [0, 0.1) is 0 Å². The highest BCUT2D eigenvalue weighted by Gasteiger charge is 2.24. The quantitative estimate of drug-likeness (QED) is 0.527. The first kappa shape index (κ1) is 9.00. The fraction of sp³-hybridized carbons (Fsp3) is 1.00. The summed E-state index contributed by atoms with van der Waals surface area (Å²) in [4.78, 5) is 2.07. The summed E-state index contributed by atoms with van der Waals surface area (Å²) in [6.07, 6.45) is 0.777. The number of nitrogens with zero attached hydrogens (tertiary/aromatic N) is 1. The van der Waals surface area contributed by atoms with Gasteiger partial charge in [0, 0.05) is 6.54 Å². The van der Waals surface area contributed by atoms with Gasteiger partial charge in [-0.2, -0.15) is 0 Å². The van der Waals surface area contributed by atoms with Crippen LogP contribution in [0.4, 0.5) is 0 Å². The van der Waals surface area contributed by atoms with Gasteiger partial charge in [-0.1, -0.05) is 0 Å². The maximum absolute atomic E-state index is 11.3. The minimum Gasteiger partial charge on any atom is -0.305 e. The fourth-order valence-electron chi connectivity index (χ4n) is 1.18. The van der Waals surface area contributed by atoms with Crippen LogP contribution < -0.4 is 0 Å². The molecule has 1 saturated heterocycles. The molecule has 1 fully saturated rings. The zero-order valence-corrected chi connectivity index (χ0v) is 7.89. The third kappa shape index (κ3) is 2.17. The van der Waals surface area contributed by atoms with Gasteiger partial charge >= 0.3 is 0 Å². The first-order valence-corrected chi connectivity index (χ1v) is 5.64. The molecule has 0 aromatic rings. The highest BCUT2D eigenvalue weighted by molar-refractivity contribution is 7.92. The van der Waals surface area contributed by atoms with Crippen LogP contribution >= 0.6 is 0 Å². The molecule has 1 aliphatic rings. The zero-order valence-electron chi connectivity index (χ0n) is 7.08. The largest absolute Gasteiger partial charge is 0.305 e. The van der Waals surface area contributed by atoms with Crippen molar-refractivity contribution < 1.29 is 8.42 Å². The van der Waals surface area contributed by atoms with E-state index in [2.05, 4.69) is 4.90 Å². The number of hydrogen-bond donors (Lipinski definition) is 0. The Kier molecular flexibility index (Phi) is 2.54. The minimum atomic E-state index is -2.77. The van der Waals surface area contributed by atoms with Crippen LogP contribution in [0.5, 0.6) is 0 Å². The molecule has 0 aromatic heterocycles. The lowest BCUT2D eigenvalue weighted by molar-refractivity contribution is 0.356. The predicted octanol–water partition coefficient (Wildman–Crippen LogP) is 0.125.